The van der Waals surface area contributed by atoms with Crippen molar-refractivity contribution in [3.63, 3.8) is 0 Å². The van der Waals surface area contributed by atoms with Crippen LogP contribution in [0.3, 0.4) is 0 Å². The highest BCUT2D eigenvalue weighted by atomic mass is 32.1. The van der Waals surface area contributed by atoms with Crippen LogP contribution >= 0.6 is 11.3 Å². The van der Waals surface area contributed by atoms with E-state index >= 15 is 0 Å². The van der Waals surface area contributed by atoms with Gasteiger partial charge in [0.15, 0.2) is 0 Å². The van der Waals surface area contributed by atoms with Gasteiger partial charge in [0.25, 0.3) is 0 Å². The third kappa shape index (κ3) is 5.68. The Balaban J connectivity index is 1.79. The molecule has 3 aromatic rings. The van der Waals surface area contributed by atoms with E-state index < -0.39 is 31.3 Å². The first-order valence-electron chi connectivity index (χ1n) is 10.3. The number of carbonyl (C=O) groups excluding carboxylic acids is 1. The summed E-state index contributed by atoms with van der Waals surface area (Å²) in [4.78, 5) is 16.9. The Morgan fingerprint density at radius 2 is 1.94 bits per heavy atom. The second kappa shape index (κ2) is 10.2. The van der Waals surface area contributed by atoms with Crippen molar-refractivity contribution < 1.29 is 27.4 Å². The third-order valence-electron chi connectivity index (χ3n) is 4.99. The lowest BCUT2D eigenvalue weighted by molar-refractivity contribution is -0.195. The minimum absolute atomic E-state index is 0.324. The van der Waals surface area contributed by atoms with Crippen molar-refractivity contribution in [1.29, 1.82) is 0 Å². The average molecular weight is 464 g/mol. The number of aryl methyl sites for hydroxylation is 2. The second-order valence-corrected chi connectivity index (χ2v) is 8.28. The van der Waals surface area contributed by atoms with Gasteiger partial charge in [-0.2, -0.15) is 13.2 Å². The number of esters is 1. The summed E-state index contributed by atoms with van der Waals surface area (Å²) in [6, 6.07) is 11.3. The van der Waals surface area contributed by atoms with Crippen LogP contribution in [-0.4, -0.2) is 30.3 Å². The molecule has 4 nitrogen and oxygen atoms in total. The van der Waals surface area contributed by atoms with Crippen molar-refractivity contribution >= 4 is 27.4 Å². The van der Waals surface area contributed by atoms with Gasteiger partial charge >= 0.3 is 12.1 Å². The van der Waals surface area contributed by atoms with Crippen molar-refractivity contribution in [3.8, 4) is 16.2 Å². The summed E-state index contributed by atoms with van der Waals surface area (Å²) in [7, 11) is 0. The molecular formula is C24H24F3NO3S. The first kappa shape index (κ1) is 23.8. The van der Waals surface area contributed by atoms with Crippen LogP contribution in [0, 0.1) is 5.92 Å². The van der Waals surface area contributed by atoms with Gasteiger partial charge in [0, 0.05) is 32.6 Å². The summed E-state index contributed by atoms with van der Waals surface area (Å²) >= 11 is 1.54. The number of carbonyl (C=O) groups is 1. The second-order valence-electron chi connectivity index (χ2n) is 7.20. The summed E-state index contributed by atoms with van der Waals surface area (Å²) in [6.45, 7) is 5.83. The van der Waals surface area contributed by atoms with Gasteiger partial charge in [-0.15, -0.1) is 11.3 Å². The maximum absolute atomic E-state index is 13.2. The van der Waals surface area contributed by atoms with Crippen LogP contribution in [0.15, 0.2) is 49.1 Å². The summed E-state index contributed by atoms with van der Waals surface area (Å²) in [5.41, 5.74) is 3.13. The highest BCUT2D eigenvalue weighted by molar-refractivity contribution is 7.22. The number of hydrogen-bond donors (Lipinski definition) is 0. The van der Waals surface area contributed by atoms with Gasteiger partial charge in [-0.05, 0) is 54.6 Å². The first-order chi connectivity index (χ1) is 15.2. The number of rotatable bonds is 9. The summed E-state index contributed by atoms with van der Waals surface area (Å²) in [5.74, 6) is -2.51. The van der Waals surface area contributed by atoms with Crippen molar-refractivity contribution in [2.75, 3.05) is 13.2 Å². The summed E-state index contributed by atoms with van der Waals surface area (Å²) in [6.07, 6.45) is -2.06. The predicted molar refractivity (Wildman–Crippen MR) is 120 cm³/mol. The van der Waals surface area contributed by atoms with Crippen LogP contribution in [0.4, 0.5) is 13.2 Å². The Morgan fingerprint density at radius 3 is 2.59 bits per heavy atom. The molecule has 0 amide bonds. The summed E-state index contributed by atoms with van der Waals surface area (Å²) < 4.78 is 50.6. The number of hydrogen-bond acceptors (Lipinski definition) is 5. The molecule has 0 saturated heterocycles. The molecule has 1 aromatic carbocycles. The van der Waals surface area contributed by atoms with Crippen molar-refractivity contribution in [2.45, 2.75) is 32.9 Å². The fourth-order valence-electron chi connectivity index (χ4n) is 3.15. The van der Waals surface area contributed by atoms with Crippen molar-refractivity contribution in [3.05, 3.63) is 60.4 Å². The Morgan fingerprint density at radius 1 is 1.16 bits per heavy atom. The average Bonchev–Trinajstić information content (AvgIpc) is 3.20. The molecule has 2 aromatic heterocycles. The van der Waals surface area contributed by atoms with E-state index in [1.54, 1.807) is 23.5 Å². The van der Waals surface area contributed by atoms with E-state index in [2.05, 4.69) is 37.3 Å². The SMILES string of the molecule is C=CC(=O)OCC(COc1ccc2cc(-c3ccc(CC)nc3CC)sc2c1)C(F)(F)F. The molecule has 1 atom stereocenters. The molecule has 32 heavy (non-hydrogen) atoms. The zero-order valence-electron chi connectivity index (χ0n) is 17.9. The lowest BCUT2D eigenvalue weighted by atomic mass is 10.1. The molecule has 3 rings (SSSR count). The van der Waals surface area contributed by atoms with Crippen LogP contribution < -0.4 is 4.74 Å². The predicted octanol–water partition coefficient (Wildman–Crippen LogP) is 6.37. The van der Waals surface area contributed by atoms with Gasteiger partial charge in [-0.1, -0.05) is 20.4 Å². The van der Waals surface area contributed by atoms with E-state index in [0.717, 1.165) is 50.8 Å². The van der Waals surface area contributed by atoms with Gasteiger partial charge in [0.05, 0.1) is 0 Å². The number of thiophene rings is 1. The molecule has 0 saturated carbocycles. The van der Waals surface area contributed by atoms with E-state index in [9.17, 15) is 18.0 Å². The number of benzene rings is 1. The lowest BCUT2D eigenvalue weighted by Gasteiger charge is -2.20. The van der Waals surface area contributed by atoms with Crippen LogP contribution in [-0.2, 0) is 22.4 Å². The quantitative estimate of drug-likeness (QED) is 0.273. The third-order valence-corrected chi connectivity index (χ3v) is 6.12. The molecule has 0 bridgehead atoms. The van der Waals surface area contributed by atoms with E-state index in [0.29, 0.717) is 5.75 Å². The van der Waals surface area contributed by atoms with Gasteiger partial charge < -0.3 is 9.47 Å². The minimum Gasteiger partial charge on any atom is -0.493 e. The minimum atomic E-state index is -4.56. The van der Waals surface area contributed by atoms with E-state index in [1.807, 2.05) is 12.1 Å². The largest absolute Gasteiger partial charge is 0.493 e. The fourth-order valence-corrected chi connectivity index (χ4v) is 4.29. The number of nitrogens with zero attached hydrogens (tertiary/aromatic N) is 1. The fraction of sp³-hybridized carbons (Fsp3) is 0.333. The number of ether oxygens (including phenoxy) is 2. The monoisotopic (exact) mass is 463 g/mol. The molecule has 170 valence electrons. The molecule has 2 heterocycles. The molecule has 0 spiro atoms. The topological polar surface area (TPSA) is 48.4 Å². The standard InChI is InChI=1S/C24H24F3NO3S/c1-4-17-8-10-19(20(5-2)28-17)22-11-15-7-9-18(12-21(15)32-22)30-13-16(24(25,26)27)14-31-23(29)6-3/h6-12,16H,3-5,13-14H2,1-2H3. The van der Waals surface area contributed by atoms with Gasteiger partial charge in [-0.3, -0.25) is 4.98 Å². The maximum atomic E-state index is 13.2. The zero-order chi connectivity index (χ0) is 23.3. The van der Waals surface area contributed by atoms with E-state index in [-0.39, 0.29) is 0 Å². The van der Waals surface area contributed by atoms with Crippen LogP contribution in [0.5, 0.6) is 5.75 Å². The van der Waals surface area contributed by atoms with Gasteiger partial charge in [-0.25, -0.2) is 4.79 Å². The molecule has 0 aliphatic carbocycles. The molecule has 8 heteroatoms. The highest BCUT2D eigenvalue weighted by Crippen LogP contribution is 2.37. The van der Waals surface area contributed by atoms with Crippen molar-refractivity contribution in [1.82, 2.24) is 4.98 Å². The molecular weight excluding hydrogens is 439 g/mol. The molecule has 0 N–H and O–H groups in total. The van der Waals surface area contributed by atoms with Gasteiger partial charge in [0.1, 0.15) is 24.9 Å². The number of aromatic nitrogens is 1. The smallest absolute Gasteiger partial charge is 0.398 e. The number of pyridine rings is 1. The number of alkyl halides is 3. The van der Waals surface area contributed by atoms with E-state index in [1.165, 1.54) is 0 Å². The van der Waals surface area contributed by atoms with Gasteiger partial charge in [0.2, 0.25) is 0 Å². The van der Waals surface area contributed by atoms with Crippen LogP contribution in [0.25, 0.3) is 20.5 Å². The highest BCUT2D eigenvalue weighted by Gasteiger charge is 2.41. The first-order valence-corrected chi connectivity index (χ1v) is 11.1. The Hall–Kier alpha value is -2.87. The Kier molecular flexibility index (Phi) is 7.56. The molecule has 0 fully saturated rings. The molecule has 0 aliphatic heterocycles. The zero-order valence-corrected chi connectivity index (χ0v) is 18.7. The Labute approximate surface area is 188 Å². The van der Waals surface area contributed by atoms with E-state index in [4.69, 9.17) is 9.72 Å². The van der Waals surface area contributed by atoms with Crippen molar-refractivity contribution in [2.24, 2.45) is 5.92 Å². The normalized spacial score (nSPS) is 12.5. The molecule has 0 radical (unpaired) electrons. The molecule has 0 aliphatic rings. The van der Waals surface area contributed by atoms with Crippen LogP contribution in [0.1, 0.15) is 25.2 Å². The lowest BCUT2D eigenvalue weighted by Crippen LogP contribution is -2.33. The number of halogens is 3. The summed E-state index contributed by atoms with van der Waals surface area (Å²) in [5, 5.41) is 0.978. The number of fused-ring (bicyclic) bond motifs is 1. The molecule has 1 unspecified atom stereocenters. The van der Waals surface area contributed by atoms with Crippen LogP contribution in [0.2, 0.25) is 0 Å². The Bertz CT molecular complexity index is 1110. The maximum Gasteiger partial charge on any atom is 0.398 e.